The summed E-state index contributed by atoms with van der Waals surface area (Å²) in [4.78, 5) is 14.8. The van der Waals surface area contributed by atoms with E-state index in [-0.39, 0.29) is 29.8 Å². The number of carbonyl (C=O) groups excluding carboxylic acids is 1. The fourth-order valence-electron chi connectivity index (χ4n) is 4.11. The van der Waals surface area contributed by atoms with Crippen molar-refractivity contribution in [3.05, 3.63) is 35.9 Å². The van der Waals surface area contributed by atoms with Gasteiger partial charge < -0.3 is 17.7 Å². The van der Waals surface area contributed by atoms with Crippen molar-refractivity contribution in [1.82, 2.24) is 10.2 Å². The van der Waals surface area contributed by atoms with Gasteiger partial charge in [-0.1, -0.05) is 43.2 Å². The van der Waals surface area contributed by atoms with Crippen LogP contribution in [0.3, 0.4) is 0 Å². The molecule has 128 valence electrons. The van der Waals surface area contributed by atoms with E-state index < -0.39 is 0 Å². The second-order valence-electron chi connectivity index (χ2n) is 6.99. The van der Waals surface area contributed by atoms with Crippen LogP contribution in [0, 0.1) is 0 Å². The standard InChI is InChI=1S/C19H28N2O.ClH/c1-16(21-13-7-8-14-21)18(22)20-15-19(11-5-6-12-19)17-9-3-2-4-10-17;/h2-4,9-10,16H,5-8,11-15H2,1H3,(H,20,22);1H/p-1. The van der Waals surface area contributed by atoms with Crippen LogP contribution in [-0.2, 0) is 10.2 Å². The third-order valence-corrected chi connectivity index (χ3v) is 5.62. The maximum absolute atomic E-state index is 12.5. The lowest BCUT2D eigenvalue weighted by Gasteiger charge is -2.31. The zero-order valence-electron chi connectivity index (χ0n) is 14.1. The van der Waals surface area contributed by atoms with E-state index in [9.17, 15) is 4.79 Å². The van der Waals surface area contributed by atoms with Crippen molar-refractivity contribution < 1.29 is 17.2 Å². The highest BCUT2D eigenvalue weighted by Gasteiger charge is 2.36. The molecule has 23 heavy (non-hydrogen) atoms. The van der Waals surface area contributed by atoms with Gasteiger partial charge in [0.2, 0.25) is 5.91 Å². The molecule has 0 spiro atoms. The van der Waals surface area contributed by atoms with E-state index in [0.29, 0.717) is 0 Å². The van der Waals surface area contributed by atoms with Crippen LogP contribution < -0.4 is 17.7 Å². The number of hydrogen-bond donors (Lipinski definition) is 1. The molecule has 2 fully saturated rings. The fraction of sp³-hybridized carbons (Fsp3) is 0.632. The van der Waals surface area contributed by atoms with Crippen molar-refractivity contribution in [3.63, 3.8) is 0 Å². The van der Waals surface area contributed by atoms with Gasteiger partial charge >= 0.3 is 0 Å². The van der Waals surface area contributed by atoms with Crippen LogP contribution in [0.5, 0.6) is 0 Å². The minimum absolute atomic E-state index is 0. The predicted octanol–water partition coefficient (Wildman–Crippen LogP) is 0.103. The first kappa shape index (κ1) is 18.3. The normalized spacial score (nSPS) is 21.6. The molecule has 1 atom stereocenters. The summed E-state index contributed by atoms with van der Waals surface area (Å²) in [5.74, 6) is 0.198. The second-order valence-corrected chi connectivity index (χ2v) is 6.99. The van der Waals surface area contributed by atoms with Crippen LogP contribution in [0.2, 0.25) is 0 Å². The molecular weight excluding hydrogens is 308 g/mol. The SMILES string of the molecule is CC(C(=O)NCC1(c2ccccc2)CCCC1)N1CCCC1.[Cl-]. The quantitative estimate of drug-likeness (QED) is 0.828. The van der Waals surface area contributed by atoms with Crippen molar-refractivity contribution in [2.75, 3.05) is 19.6 Å². The Morgan fingerprint density at radius 3 is 2.35 bits per heavy atom. The van der Waals surface area contributed by atoms with Gasteiger partial charge in [-0.25, -0.2) is 0 Å². The second kappa shape index (κ2) is 8.16. The third-order valence-electron chi connectivity index (χ3n) is 5.62. The Labute approximate surface area is 146 Å². The van der Waals surface area contributed by atoms with E-state index in [2.05, 4.69) is 40.5 Å². The Morgan fingerprint density at radius 1 is 1.13 bits per heavy atom. The topological polar surface area (TPSA) is 32.3 Å². The summed E-state index contributed by atoms with van der Waals surface area (Å²) in [6.07, 6.45) is 7.38. The van der Waals surface area contributed by atoms with Gasteiger partial charge in [0.15, 0.2) is 0 Å². The van der Waals surface area contributed by atoms with Gasteiger partial charge in [-0.05, 0) is 51.3 Å². The summed E-state index contributed by atoms with van der Waals surface area (Å²) in [5, 5.41) is 3.26. The molecular formula is C19H28ClN2O-. The van der Waals surface area contributed by atoms with Crippen LogP contribution in [0.4, 0.5) is 0 Å². The van der Waals surface area contributed by atoms with Crippen molar-refractivity contribution in [2.24, 2.45) is 0 Å². The summed E-state index contributed by atoms with van der Waals surface area (Å²) in [6, 6.07) is 10.8. The lowest BCUT2D eigenvalue weighted by Crippen LogP contribution is -3.00. The highest BCUT2D eigenvalue weighted by Crippen LogP contribution is 2.40. The number of benzene rings is 1. The summed E-state index contributed by atoms with van der Waals surface area (Å²) in [7, 11) is 0. The molecule has 4 heteroatoms. The van der Waals surface area contributed by atoms with Crippen LogP contribution in [0.25, 0.3) is 0 Å². The van der Waals surface area contributed by atoms with Gasteiger partial charge in [-0.2, -0.15) is 0 Å². The van der Waals surface area contributed by atoms with Crippen molar-refractivity contribution >= 4 is 5.91 Å². The van der Waals surface area contributed by atoms with Crippen LogP contribution in [-0.4, -0.2) is 36.5 Å². The first-order valence-corrected chi connectivity index (χ1v) is 8.79. The summed E-state index contributed by atoms with van der Waals surface area (Å²) >= 11 is 0. The number of nitrogens with zero attached hydrogens (tertiary/aromatic N) is 1. The third kappa shape index (κ3) is 4.07. The van der Waals surface area contributed by atoms with Crippen LogP contribution >= 0.6 is 0 Å². The number of nitrogens with one attached hydrogen (secondary N) is 1. The Kier molecular flexibility index (Phi) is 6.49. The van der Waals surface area contributed by atoms with E-state index in [0.717, 1.165) is 19.6 Å². The Bertz CT molecular complexity index is 493. The average Bonchev–Trinajstić information content (AvgIpc) is 3.25. The molecule has 2 aliphatic rings. The van der Waals surface area contributed by atoms with Crippen LogP contribution in [0.15, 0.2) is 30.3 Å². The zero-order valence-corrected chi connectivity index (χ0v) is 14.8. The van der Waals surface area contributed by atoms with Crippen molar-refractivity contribution in [3.8, 4) is 0 Å². The summed E-state index contributed by atoms with van der Waals surface area (Å²) < 4.78 is 0. The van der Waals surface area contributed by atoms with Gasteiger partial charge in [-0.15, -0.1) is 0 Å². The number of amides is 1. The molecule has 1 N–H and O–H groups in total. The van der Waals surface area contributed by atoms with E-state index in [1.807, 2.05) is 6.92 Å². The molecule has 1 aliphatic heterocycles. The molecule has 1 unspecified atom stereocenters. The maximum atomic E-state index is 12.5. The first-order valence-electron chi connectivity index (χ1n) is 8.79. The smallest absolute Gasteiger partial charge is 0.237 e. The molecule has 1 saturated carbocycles. The lowest BCUT2D eigenvalue weighted by molar-refractivity contribution is -0.125. The molecule has 3 rings (SSSR count). The van der Waals surface area contributed by atoms with Crippen molar-refractivity contribution in [2.45, 2.75) is 56.9 Å². The zero-order chi connectivity index (χ0) is 15.4. The number of likely N-dealkylation sites (tertiary alicyclic amines) is 1. The highest BCUT2D eigenvalue weighted by molar-refractivity contribution is 5.81. The van der Waals surface area contributed by atoms with E-state index in [1.165, 1.54) is 44.1 Å². The number of carbonyl (C=O) groups is 1. The first-order chi connectivity index (χ1) is 10.7. The number of hydrogen-bond acceptors (Lipinski definition) is 2. The molecule has 1 amide bonds. The molecule has 1 heterocycles. The van der Waals surface area contributed by atoms with Gasteiger partial charge in [0, 0.05) is 12.0 Å². The molecule has 1 aromatic carbocycles. The Morgan fingerprint density at radius 2 is 1.74 bits per heavy atom. The monoisotopic (exact) mass is 335 g/mol. The average molecular weight is 336 g/mol. The molecule has 0 aromatic heterocycles. The summed E-state index contributed by atoms with van der Waals surface area (Å²) in [5.41, 5.74) is 1.54. The van der Waals surface area contributed by atoms with Crippen LogP contribution in [0.1, 0.15) is 51.0 Å². The van der Waals surface area contributed by atoms with Gasteiger partial charge in [-0.3, -0.25) is 9.69 Å². The Balaban J connectivity index is 0.00000192. The van der Waals surface area contributed by atoms with E-state index in [1.54, 1.807) is 0 Å². The summed E-state index contributed by atoms with van der Waals surface area (Å²) in [6.45, 7) is 4.97. The molecule has 1 saturated heterocycles. The lowest BCUT2D eigenvalue weighted by atomic mass is 9.79. The molecule has 1 aliphatic carbocycles. The van der Waals surface area contributed by atoms with E-state index in [4.69, 9.17) is 0 Å². The number of rotatable bonds is 5. The Hall–Kier alpha value is -1.06. The molecule has 0 radical (unpaired) electrons. The highest BCUT2D eigenvalue weighted by atomic mass is 35.5. The van der Waals surface area contributed by atoms with Gasteiger partial charge in [0.05, 0.1) is 6.04 Å². The fourth-order valence-corrected chi connectivity index (χ4v) is 4.11. The van der Waals surface area contributed by atoms with Gasteiger partial charge in [0.1, 0.15) is 0 Å². The largest absolute Gasteiger partial charge is 1.00 e. The molecule has 0 bridgehead atoms. The minimum Gasteiger partial charge on any atom is -1.00 e. The number of halogens is 1. The maximum Gasteiger partial charge on any atom is 0.237 e. The van der Waals surface area contributed by atoms with Crippen molar-refractivity contribution in [1.29, 1.82) is 0 Å². The predicted molar refractivity (Wildman–Crippen MR) is 89.9 cm³/mol. The van der Waals surface area contributed by atoms with E-state index >= 15 is 0 Å². The molecule has 3 nitrogen and oxygen atoms in total. The van der Waals surface area contributed by atoms with Gasteiger partial charge in [0.25, 0.3) is 0 Å². The molecule has 1 aromatic rings. The minimum atomic E-state index is 0.